The van der Waals surface area contributed by atoms with Crippen molar-refractivity contribution in [3.8, 4) is 17.1 Å². The Hall–Kier alpha value is -2.87. The minimum absolute atomic E-state index is 0.130. The van der Waals surface area contributed by atoms with E-state index in [0.29, 0.717) is 16.7 Å². The Morgan fingerprint density at radius 3 is 2.69 bits per heavy atom. The zero-order chi connectivity index (χ0) is 18.3. The van der Waals surface area contributed by atoms with Gasteiger partial charge in [0.2, 0.25) is 23.2 Å². The van der Waals surface area contributed by atoms with E-state index < -0.39 is 6.23 Å². The number of carbonyl (C=O) groups excluding carboxylic acids is 1. The molecule has 3 aromatic rings. The Morgan fingerprint density at radius 1 is 1.19 bits per heavy atom. The molecule has 0 bridgehead atoms. The molecule has 3 heterocycles. The number of amides is 1. The molecule has 1 amide bonds. The van der Waals surface area contributed by atoms with Crippen molar-refractivity contribution in [3.63, 3.8) is 0 Å². The SMILES string of the molecule is CSc1nnc2c(n1)OC(c1cccn1C)N(C(C)=O)c1ccccc1-2. The Kier molecular flexibility index (Phi) is 4.12. The molecule has 1 aliphatic rings. The minimum Gasteiger partial charge on any atom is -0.445 e. The molecule has 0 saturated heterocycles. The third kappa shape index (κ3) is 2.62. The van der Waals surface area contributed by atoms with Gasteiger partial charge in [-0.3, -0.25) is 9.69 Å². The number of benzene rings is 1. The number of thioether (sulfide) groups is 1. The first-order chi connectivity index (χ1) is 12.6. The van der Waals surface area contributed by atoms with Crippen molar-refractivity contribution in [1.29, 1.82) is 0 Å². The van der Waals surface area contributed by atoms with Gasteiger partial charge in [-0.25, -0.2) is 0 Å². The highest BCUT2D eigenvalue weighted by molar-refractivity contribution is 7.98. The number of fused-ring (bicyclic) bond motifs is 3. The largest absolute Gasteiger partial charge is 0.445 e. The third-order valence-corrected chi connectivity index (χ3v) is 4.81. The van der Waals surface area contributed by atoms with Gasteiger partial charge in [0.1, 0.15) is 0 Å². The number of hydrogen-bond acceptors (Lipinski definition) is 6. The van der Waals surface area contributed by atoms with Gasteiger partial charge < -0.3 is 9.30 Å². The molecule has 4 rings (SSSR count). The van der Waals surface area contributed by atoms with Gasteiger partial charge in [-0.15, -0.1) is 10.2 Å². The molecule has 0 saturated carbocycles. The van der Waals surface area contributed by atoms with E-state index in [1.807, 2.05) is 60.5 Å². The summed E-state index contributed by atoms with van der Waals surface area (Å²) < 4.78 is 8.17. The second kappa shape index (κ2) is 6.45. The summed E-state index contributed by atoms with van der Waals surface area (Å²) in [5.41, 5.74) is 2.86. The molecule has 0 radical (unpaired) electrons. The molecule has 0 spiro atoms. The first-order valence-electron chi connectivity index (χ1n) is 8.06. The van der Waals surface area contributed by atoms with Crippen molar-refractivity contribution in [2.24, 2.45) is 7.05 Å². The number of aryl methyl sites for hydroxylation is 1. The summed E-state index contributed by atoms with van der Waals surface area (Å²) in [4.78, 5) is 18.7. The second-order valence-corrected chi connectivity index (χ2v) is 6.65. The van der Waals surface area contributed by atoms with Crippen LogP contribution < -0.4 is 9.64 Å². The van der Waals surface area contributed by atoms with Crippen molar-refractivity contribution in [1.82, 2.24) is 19.7 Å². The molecule has 7 nitrogen and oxygen atoms in total. The van der Waals surface area contributed by atoms with Gasteiger partial charge in [0.05, 0.1) is 11.4 Å². The summed E-state index contributed by atoms with van der Waals surface area (Å²) >= 11 is 1.39. The minimum atomic E-state index is -0.652. The molecule has 26 heavy (non-hydrogen) atoms. The number of nitrogens with zero attached hydrogens (tertiary/aromatic N) is 5. The van der Waals surface area contributed by atoms with Crippen LogP contribution in [-0.2, 0) is 11.8 Å². The highest BCUT2D eigenvalue weighted by atomic mass is 32.2. The van der Waals surface area contributed by atoms with Crippen molar-refractivity contribution in [3.05, 3.63) is 48.3 Å². The summed E-state index contributed by atoms with van der Waals surface area (Å²) in [6.45, 7) is 1.53. The van der Waals surface area contributed by atoms with Gasteiger partial charge >= 0.3 is 0 Å². The van der Waals surface area contributed by atoms with Crippen molar-refractivity contribution < 1.29 is 9.53 Å². The summed E-state index contributed by atoms with van der Waals surface area (Å²) in [6.07, 6.45) is 3.14. The topological polar surface area (TPSA) is 73.1 Å². The zero-order valence-corrected chi connectivity index (χ0v) is 15.4. The third-order valence-electron chi connectivity index (χ3n) is 4.27. The van der Waals surface area contributed by atoms with Crippen LogP contribution in [0.4, 0.5) is 5.69 Å². The van der Waals surface area contributed by atoms with Gasteiger partial charge in [0.15, 0.2) is 5.69 Å². The van der Waals surface area contributed by atoms with E-state index in [1.165, 1.54) is 18.7 Å². The fourth-order valence-corrected chi connectivity index (χ4v) is 3.36. The Labute approximate surface area is 155 Å². The van der Waals surface area contributed by atoms with Crippen LogP contribution in [-0.4, -0.2) is 31.9 Å². The fraction of sp³-hybridized carbons (Fsp3) is 0.222. The van der Waals surface area contributed by atoms with Crippen molar-refractivity contribution >= 4 is 23.4 Å². The highest BCUT2D eigenvalue weighted by Gasteiger charge is 2.35. The fourth-order valence-electron chi connectivity index (χ4n) is 3.06. The molecule has 1 aliphatic heterocycles. The molecular weight excluding hydrogens is 350 g/mol. The van der Waals surface area contributed by atoms with Crippen molar-refractivity contribution in [2.75, 3.05) is 11.2 Å². The van der Waals surface area contributed by atoms with Gasteiger partial charge in [0, 0.05) is 25.7 Å². The van der Waals surface area contributed by atoms with Gasteiger partial charge in [-0.05, 0) is 24.5 Å². The first-order valence-corrected chi connectivity index (χ1v) is 9.28. The van der Waals surface area contributed by atoms with Crippen LogP contribution in [0.1, 0.15) is 18.8 Å². The predicted octanol–water partition coefficient (Wildman–Crippen LogP) is 3.04. The molecule has 0 aliphatic carbocycles. The molecule has 132 valence electrons. The number of anilines is 1. The van der Waals surface area contributed by atoms with E-state index >= 15 is 0 Å². The molecular formula is C18H17N5O2S. The molecule has 1 aromatic carbocycles. The number of rotatable bonds is 2. The molecule has 1 atom stereocenters. The lowest BCUT2D eigenvalue weighted by atomic mass is 10.1. The lowest BCUT2D eigenvalue weighted by Gasteiger charge is -2.29. The molecule has 2 aromatic heterocycles. The van der Waals surface area contributed by atoms with Crippen LogP contribution >= 0.6 is 11.8 Å². The monoisotopic (exact) mass is 367 g/mol. The Bertz CT molecular complexity index is 987. The summed E-state index contributed by atoms with van der Waals surface area (Å²) in [5.74, 6) is 0.237. The van der Waals surface area contributed by atoms with Crippen molar-refractivity contribution in [2.45, 2.75) is 18.3 Å². The van der Waals surface area contributed by atoms with Crippen LogP contribution in [0.15, 0.2) is 47.8 Å². The number of hydrogen-bond donors (Lipinski definition) is 0. The smallest absolute Gasteiger partial charge is 0.247 e. The maximum Gasteiger partial charge on any atom is 0.247 e. The van der Waals surface area contributed by atoms with E-state index in [0.717, 1.165) is 16.9 Å². The number of ether oxygens (including phenoxy) is 1. The Balaban J connectivity index is 1.99. The lowest BCUT2D eigenvalue weighted by Crippen LogP contribution is -2.37. The number of carbonyl (C=O) groups is 1. The highest BCUT2D eigenvalue weighted by Crippen LogP contribution is 2.43. The standard InChI is InChI=1S/C18H17N5O2S/c1-11(24)23-13-8-5-4-7-12(13)15-16(19-18(26-3)21-20-15)25-17(23)14-9-6-10-22(14)2/h4-10,17H,1-3H3. The predicted molar refractivity (Wildman–Crippen MR) is 99.0 cm³/mol. The number of aromatic nitrogens is 4. The zero-order valence-electron chi connectivity index (χ0n) is 14.6. The molecule has 1 unspecified atom stereocenters. The van der Waals surface area contributed by atoms with E-state index in [9.17, 15) is 4.79 Å². The Morgan fingerprint density at radius 2 is 2.00 bits per heavy atom. The van der Waals surface area contributed by atoms with Gasteiger partial charge in [-0.2, -0.15) is 4.98 Å². The average Bonchev–Trinajstić information content (AvgIpc) is 3.00. The van der Waals surface area contributed by atoms with E-state index in [1.54, 1.807) is 4.90 Å². The molecule has 8 heteroatoms. The first kappa shape index (κ1) is 16.6. The maximum absolute atomic E-state index is 12.6. The van der Waals surface area contributed by atoms with Crippen LogP contribution in [0.5, 0.6) is 5.88 Å². The molecule has 0 fully saturated rings. The molecule has 0 N–H and O–H groups in total. The van der Waals surface area contributed by atoms with Gasteiger partial charge in [-0.1, -0.05) is 30.0 Å². The normalized spacial score (nSPS) is 15.7. The summed E-state index contributed by atoms with van der Waals surface area (Å²) in [5, 5.41) is 8.98. The van der Waals surface area contributed by atoms with E-state index in [-0.39, 0.29) is 5.91 Å². The quantitative estimate of drug-likeness (QED) is 0.648. The second-order valence-electron chi connectivity index (χ2n) is 5.87. The van der Waals surface area contributed by atoms with Crippen LogP contribution in [0.2, 0.25) is 0 Å². The van der Waals surface area contributed by atoms with Crippen LogP contribution in [0.3, 0.4) is 0 Å². The van der Waals surface area contributed by atoms with E-state index in [2.05, 4.69) is 15.2 Å². The summed E-state index contributed by atoms with van der Waals surface area (Å²) in [6, 6.07) is 11.4. The summed E-state index contributed by atoms with van der Waals surface area (Å²) in [7, 11) is 1.92. The average molecular weight is 367 g/mol. The lowest BCUT2D eigenvalue weighted by molar-refractivity contribution is -0.118. The van der Waals surface area contributed by atoms with Gasteiger partial charge in [0.25, 0.3) is 0 Å². The van der Waals surface area contributed by atoms with E-state index in [4.69, 9.17) is 4.74 Å². The maximum atomic E-state index is 12.6. The van der Waals surface area contributed by atoms with Crippen LogP contribution in [0.25, 0.3) is 11.3 Å². The van der Waals surface area contributed by atoms with Crippen LogP contribution in [0, 0.1) is 0 Å². The number of para-hydroxylation sites is 1.